The van der Waals surface area contributed by atoms with Gasteiger partial charge in [-0.1, -0.05) is 50.3 Å². The molecule has 1 aromatic carbocycles. The summed E-state index contributed by atoms with van der Waals surface area (Å²) in [6.45, 7) is 6.30. The fourth-order valence-electron chi connectivity index (χ4n) is 0.714. The molecule has 0 spiro atoms. The molecule has 0 radical (unpaired) electrons. The second kappa shape index (κ2) is 7.38. The van der Waals surface area contributed by atoms with Crippen LogP contribution in [0.3, 0.4) is 0 Å². The lowest BCUT2D eigenvalue weighted by molar-refractivity contribution is 1.14. The van der Waals surface area contributed by atoms with E-state index in [4.69, 9.17) is 11.1 Å². The van der Waals surface area contributed by atoms with Crippen LogP contribution in [0.15, 0.2) is 30.3 Å². The molecule has 2 heteroatoms. The first-order valence-electron chi connectivity index (χ1n) is 4.34. The van der Waals surface area contributed by atoms with Gasteiger partial charge in [-0.25, -0.2) is 0 Å². The number of halogens is 1. The van der Waals surface area contributed by atoms with Crippen molar-refractivity contribution in [1.29, 1.82) is 0 Å². The van der Waals surface area contributed by atoms with Gasteiger partial charge in [-0.15, -0.1) is 0 Å². The Balaban J connectivity index is 0.000000261. The molecule has 0 bridgehead atoms. The molecule has 0 nitrogen and oxygen atoms in total. The second-order valence-electron chi connectivity index (χ2n) is 2.85. The van der Waals surface area contributed by atoms with Crippen molar-refractivity contribution >= 4 is 19.2 Å². The SMILES string of the molecule is CCc1ccccc1.C[SiH](C)Cl. The molecule has 0 amide bonds. The van der Waals surface area contributed by atoms with E-state index in [1.54, 1.807) is 0 Å². The summed E-state index contributed by atoms with van der Waals surface area (Å²) in [5.74, 6) is 0. The van der Waals surface area contributed by atoms with Crippen LogP contribution in [-0.4, -0.2) is 8.11 Å². The van der Waals surface area contributed by atoms with Gasteiger partial charge >= 0.3 is 0 Å². The van der Waals surface area contributed by atoms with E-state index >= 15 is 0 Å². The zero-order valence-electron chi connectivity index (χ0n) is 8.05. The van der Waals surface area contributed by atoms with Gasteiger partial charge in [0, 0.05) is 0 Å². The van der Waals surface area contributed by atoms with Crippen molar-refractivity contribution in [3.05, 3.63) is 35.9 Å². The maximum atomic E-state index is 5.41. The van der Waals surface area contributed by atoms with Gasteiger partial charge in [0.25, 0.3) is 0 Å². The van der Waals surface area contributed by atoms with Crippen molar-refractivity contribution in [2.45, 2.75) is 26.4 Å². The van der Waals surface area contributed by atoms with E-state index < -0.39 is 8.11 Å². The average molecular weight is 201 g/mol. The molecule has 1 rings (SSSR count). The molecule has 0 aliphatic heterocycles. The second-order valence-corrected chi connectivity index (χ2v) is 7.50. The van der Waals surface area contributed by atoms with Crippen LogP contribution < -0.4 is 0 Å². The monoisotopic (exact) mass is 200 g/mol. The lowest BCUT2D eigenvalue weighted by Gasteiger charge is -1.89. The Morgan fingerprint density at radius 2 is 1.58 bits per heavy atom. The van der Waals surface area contributed by atoms with Crippen molar-refractivity contribution in [2.75, 3.05) is 0 Å². The Labute approximate surface area is 81.9 Å². The summed E-state index contributed by atoms with van der Waals surface area (Å²) in [6, 6.07) is 10.5. The van der Waals surface area contributed by atoms with Gasteiger partial charge in [-0.2, -0.15) is 11.1 Å². The van der Waals surface area contributed by atoms with Gasteiger partial charge in [0.15, 0.2) is 0 Å². The molecule has 0 heterocycles. The van der Waals surface area contributed by atoms with E-state index in [2.05, 4.69) is 44.3 Å². The highest BCUT2D eigenvalue weighted by Gasteiger charge is 1.80. The normalized spacial score (nSPS) is 9.08. The number of rotatable bonds is 1. The maximum Gasteiger partial charge on any atom is 0.134 e. The first-order chi connectivity index (χ1) is 5.66. The van der Waals surface area contributed by atoms with E-state index in [1.807, 2.05) is 6.07 Å². The highest BCUT2D eigenvalue weighted by atomic mass is 35.6. The highest BCUT2D eigenvalue weighted by Crippen LogP contribution is 1.96. The zero-order valence-corrected chi connectivity index (χ0v) is 9.96. The largest absolute Gasteiger partial charge is 0.172 e. The molecule has 0 unspecified atom stereocenters. The minimum atomic E-state index is -0.667. The van der Waals surface area contributed by atoms with Crippen LogP contribution in [0.4, 0.5) is 0 Å². The van der Waals surface area contributed by atoms with E-state index in [0.29, 0.717) is 0 Å². The third-order valence-electron chi connectivity index (χ3n) is 1.25. The summed E-state index contributed by atoms with van der Waals surface area (Å²) in [7, 11) is -0.667. The summed E-state index contributed by atoms with van der Waals surface area (Å²) < 4.78 is 0. The van der Waals surface area contributed by atoms with Crippen molar-refractivity contribution < 1.29 is 0 Å². The summed E-state index contributed by atoms with van der Waals surface area (Å²) in [5.41, 5.74) is 1.41. The molecule has 0 aliphatic rings. The third kappa shape index (κ3) is 7.83. The van der Waals surface area contributed by atoms with Crippen LogP contribution >= 0.6 is 11.1 Å². The van der Waals surface area contributed by atoms with Crippen LogP contribution in [-0.2, 0) is 6.42 Å². The Morgan fingerprint density at radius 3 is 1.83 bits per heavy atom. The Morgan fingerprint density at radius 1 is 1.17 bits per heavy atom. The van der Waals surface area contributed by atoms with Gasteiger partial charge < -0.3 is 0 Å². The maximum absolute atomic E-state index is 5.41. The first-order valence-corrected chi connectivity index (χ1v) is 8.40. The van der Waals surface area contributed by atoms with Crippen LogP contribution in [0.25, 0.3) is 0 Å². The molecule has 0 saturated heterocycles. The predicted octanol–water partition coefficient (Wildman–Crippen LogP) is 3.46. The molecule has 12 heavy (non-hydrogen) atoms. The smallest absolute Gasteiger partial charge is 0.134 e. The average Bonchev–Trinajstić information content (AvgIpc) is 2.05. The molecule has 0 saturated carbocycles. The van der Waals surface area contributed by atoms with Gasteiger partial charge in [0.05, 0.1) is 0 Å². The Hall–Kier alpha value is -0.273. The standard InChI is InChI=1S/C8H10.C2H7ClSi/c1-2-8-6-4-3-5-7-8;1-4(2)3/h3-7H,2H2,1H3;4H,1-2H3. The number of benzene rings is 1. The summed E-state index contributed by atoms with van der Waals surface area (Å²) in [4.78, 5) is 0. The molecule has 1 aromatic rings. The minimum Gasteiger partial charge on any atom is -0.172 e. The number of aryl methyl sites for hydroxylation is 1. The topological polar surface area (TPSA) is 0 Å². The zero-order chi connectivity index (χ0) is 9.40. The fourth-order valence-corrected chi connectivity index (χ4v) is 0.714. The van der Waals surface area contributed by atoms with Crippen LogP contribution in [0.1, 0.15) is 12.5 Å². The lowest BCUT2D eigenvalue weighted by atomic mass is 10.2. The molecule has 0 N–H and O–H groups in total. The molecule has 0 fully saturated rings. The summed E-state index contributed by atoms with van der Waals surface area (Å²) in [5, 5.41) is 0. The van der Waals surface area contributed by atoms with E-state index in [-0.39, 0.29) is 0 Å². The molecule has 0 aliphatic carbocycles. The molecular formula is C10H17ClSi. The predicted molar refractivity (Wildman–Crippen MR) is 60.6 cm³/mol. The lowest BCUT2D eigenvalue weighted by Crippen LogP contribution is -1.78. The molecule has 0 atom stereocenters. The Bertz CT molecular complexity index is 182. The van der Waals surface area contributed by atoms with Gasteiger partial charge in [0.2, 0.25) is 0 Å². The molecule has 68 valence electrons. The highest BCUT2D eigenvalue weighted by molar-refractivity contribution is 7.05. The van der Waals surface area contributed by atoms with Gasteiger partial charge in [-0.05, 0) is 12.0 Å². The van der Waals surface area contributed by atoms with Gasteiger partial charge in [0.1, 0.15) is 8.11 Å². The van der Waals surface area contributed by atoms with Crippen LogP contribution in [0.5, 0.6) is 0 Å². The van der Waals surface area contributed by atoms with Crippen LogP contribution in [0, 0.1) is 0 Å². The third-order valence-corrected chi connectivity index (χ3v) is 1.25. The number of hydrogen-bond acceptors (Lipinski definition) is 0. The van der Waals surface area contributed by atoms with E-state index in [9.17, 15) is 0 Å². The minimum absolute atomic E-state index is 0.667. The van der Waals surface area contributed by atoms with E-state index in [1.165, 1.54) is 5.56 Å². The first kappa shape index (κ1) is 11.7. The van der Waals surface area contributed by atoms with Gasteiger partial charge in [-0.3, -0.25) is 0 Å². The van der Waals surface area contributed by atoms with Crippen molar-refractivity contribution in [2.24, 2.45) is 0 Å². The van der Waals surface area contributed by atoms with Crippen molar-refractivity contribution in [1.82, 2.24) is 0 Å². The molecule has 0 aromatic heterocycles. The van der Waals surface area contributed by atoms with E-state index in [0.717, 1.165) is 6.42 Å². The van der Waals surface area contributed by atoms with Crippen LogP contribution in [0.2, 0.25) is 13.1 Å². The molecular weight excluding hydrogens is 184 g/mol. The van der Waals surface area contributed by atoms with Crippen molar-refractivity contribution in [3.63, 3.8) is 0 Å². The summed E-state index contributed by atoms with van der Waals surface area (Å²) >= 11 is 5.41. The number of hydrogen-bond donors (Lipinski definition) is 0. The Kier molecular flexibility index (Phi) is 7.21. The van der Waals surface area contributed by atoms with Crippen molar-refractivity contribution in [3.8, 4) is 0 Å². The quantitative estimate of drug-likeness (QED) is 0.481. The fraction of sp³-hybridized carbons (Fsp3) is 0.400. The summed E-state index contributed by atoms with van der Waals surface area (Å²) in [6.07, 6.45) is 1.14.